The van der Waals surface area contributed by atoms with Gasteiger partial charge in [0, 0.05) is 21.0 Å². The summed E-state index contributed by atoms with van der Waals surface area (Å²) in [5.74, 6) is -0.267. The van der Waals surface area contributed by atoms with Crippen LogP contribution in [0.4, 0.5) is 4.39 Å². The molecule has 1 aromatic heterocycles. The van der Waals surface area contributed by atoms with Crippen molar-refractivity contribution in [3.63, 3.8) is 0 Å². The van der Waals surface area contributed by atoms with Gasteiger partial charge in [-0.25, -0.2) is 9.37 Å². The molecule has 2 rings (SSSR count). The first-order valence-electron chi connectivity index (χ1n) is 6.36. The fraction of sp³-hybridized carbons (Fsp3) is 0.333. The van der Waals surface area contributed by atoms with Gasteiger partial charge in [0.15, 0.2) is 0 Å². The molecule has 0 radical (unpaired) electrons. The summed E-state index contributed by atoms with van der Waals surface area (Å²) in [6, 6.07) is 3.18. The van der Waals surface area contributed by atoms with Gasteiger partial charge < -0.3 is 0 Å². The first-order chi connectivity index (χ1) is 9.42. The van der Waals surface area contributed by atoms with Crippen LogP contribution in [0.2, 0.25) is 5.02 Å². The monoisotopic (exact) mass is 311 g/mol. The molecule has 0 bridgehead atoms. The molecule has 0 aliphatic heterocycles. The Labute approximate surface area is 126 Å². The summed E-state index contributed by atoms with van der Waals surface area (Å²) >= 11 is 7.54. The second kappa shape index (κ2) is 6.02. The quantitative estimate of drug-likeness (QED) is 0.825. The van der Waals surface area contributed by atoms with Gasteiger partial charge in [-0.05, 0) is 32.4 Å². The first-order valence-corrected chi connectivity index (χ1v) is 7.55. The largest absolute Gasteiger partial charge is 0.300 e. The van der Waals surface area contributed by atoms with Crippen molar-refractivity contribution >= 4 is 28.7 Å². The maximum absolute atomic E-state index is 13.8. The molecule has 2 aromatic rings. The van der Waals surface area contributed by atoms with Gasteiger partial charge in [0.05, 0.1) is 12.1 Å². The summed E-state index contributed by atoms with van der Waals surface area (Å²) in [5, 5.41) is 1.16. The van der Waals surface area contributed by atoms with Crippen LogP contribution in [-0.4, -0.2) is 10.8 Å². The molecule has 1 aromatic carbocycles. The maximum Gasteiger partial charge on any atom is 0.136 e. The number of carbonyl (C=O) groups excluding carboxylic acids is 1. The molecule has 20 heavy (non-hydrogen) atoms. The van der Waals surface area contributed by atoms with E-state index in [4.69, 9.17) is 11.6 Å². The van der Waals surface area contributed by atoms with E-state index in [9.17, 15) is 9.18 Å². The smallest absolute Gasteiger partial charge is 0.136 e. The fourth-order valence-electron chi connectivity index (χ4n) is 1.94. The Morgan fingerprint density at radius 1 is 1.45 bits per heavy atom. The van der Waals surface area contributed by atoms with Crippen molar-refractivity contribution in [3.05, 3.63) is 38.4 Å². The van der Waals surface area contributed by atoms with Crippen molar-refractivity contribution < 1.29 is 9.18 Å². The molecule has 0 unspecified atom stereocenters. The third-order valence-corrected chi connectivity index (χ3v) is 4.61. The molecule has 0 N–H and O–H groups in total. The molecular weight excluding hydrogens is 297 g/mol. The minimum atomic E-state index is -0.337. The van der Waals surface area contributed by atoms with Gasteiger partial charge in [0.1, 0.15) is 16.6 Å². The van der Waals surface area contributed by atoms with E-state index in [1.54, 1.807) is 13.0 Å². The van der Waals surface area contributed by atoms with Crippen LogP contribution >= 0.6 is 22.9 Å². The number of ketones is 1. The first kappa shape index (κ1) is 15.1. The van der Waals surface area contributed by atoms with Crippen molar-refractivity contribution in [2.45, 2.75) is 33.6 Å². The van der Waals surface area contributed by atoms with E-state index < -0.39 is 0 Å². The SMILES string of the molecule is CCc1sc(CC(C)=O)nc1-c1cc(F)c(C)c(Cl)c1. The molecular formula is C15H15ClFNOS. The number of hydrogen-bond donors (Lipinski definition) is 0. The molecule has 0 spiro atoms. The molecule has 0 aliphatic carbocycles. The van der Waals surface area contributed by atoms with Gasteiger partial charge in [-0.3, -0.25) is 4.79 Å². The van der Waals surface area contributed by atoms with Crippen molar-refractivity contribution in [2.24, 2.45) is 0 Å². The van der Waals surface area contributed by atoms with E-state index >= 15 is 0 Å². The van der Waals surface area contributed by atoms with E-state index in [1.807, 2.05) is 6.92 Å². The topological polar surface area (TPSA) is 30.0 Å². The van der Waals surface area contributed by atoms with Crippen LogP contribution in [0, 0.1) is 12.7 Å². The molecule has 1 heterocycles. The van der Waals surface area contributed by atoms with Crippen molar-refractivity contribution in [3.8, 4) is 11.3 Å². The minimum Gasteiger partial charge on any atom is -0.300 e. The molecule has 0 aliphatic rings. The number of aryl methyl sites for hydroxylation is 1. The second-order valence-electron chi connectivity index (χ2n) is 4.68. The lowest BCUT2D eigenvalue weighted by Crippen LogP contribution is -1.95. The highest BCUT2D eigenvalue weighted by Crippen LogP contribution is 2.32. The van der Waals surface area contributed by atoms with Crippen LogP contribution in [0.5, 0.6) is 0 Å². The van der Waals surface area contributed by atoms with Crippen LogP contribution in [0.15, 0.2) is 12.1 Å². The zero-order chi connectivity index (χ0) is 14.9. The van der Waals surface area contributed by atoms with E-state index in [2.05, 4.69) is 4.98 Å². The Kier molecular flexibility index (Phi) is 4.55. The predicted octanol–water partition coefficient (Wildman–Crippen LogP) is 4.60. The zero-order valence-electron chi connectivity index (χ0n) is 11.6. The number of rotatable bonds is 4. The predicted molar refractivity (Wildman–Crippen MR) is 81.0 cm³/mol. The fourth-order valence-corrected chi connectivity index (χ4v) is 3.25. The van der Waals surface area contributed by atoms with Gasteiger partial charge in [-0.2, -0.15) is 0 Å². The lowest BCUT2D eigenvalue weighted by Gasteiger charge is -2.05. The summed E-state index contributed by atoms with van der Waals surface area (Å²) in [6.07, 6.45) is 1.11. The number of carbonyl (C=O) groups is 1. The number of halogens is 2. The number of Topliss-reactive ketones (excluding diaryl/α,β-unsaturated/α-hetero) is 1. The van der Waals surface area contributed by atoms with Gasteiger partial charge in [0.25, 0.3) is 0 Å². The highest BCUT2D eigenvalue weighted by atomic mass is 35.5. The van der Waals surface area contributed by atoms with Crippen molar-refractivity contribution in [1.82, 2.24) is 4.98 Å². The Bertz CT molecular complexity index is 643. The molecule has 2 nitrogen and oxygen atoms in total. The second-order valence-corrected chi connectivity index (χ2v) is 6.25. The number of aromatic nitrogens is 1. The molecule has 0 atom stereocenters. The van der Waals surface area contributed by atoms with E-state index in [0.717, 1.165) is 22.0 Å². The normalized spacial score (nSPS) is 10.8. The van der Waals surface area contributed by atoms with Crippen LogP contribution in [-0.2, 0) is 17.6 Å². The molecule has 0 amide bonds. The van der Waals surface area contributed by atoms with Gasteiger partial charge >= 0.3 is 0 Å². The van der Waals surface area contributed by atoms with Crippen LogP contribution in [0.3, 0.4) is 0 Å². The molecule has 5 heteroatoms. The van der Waals surface area contributed by atoms with Crippen LogP contribution < -0.4 is 0 Å². The van der Waals surface area contributed by atoms with E-state index in [1.165, 1.54) is 24.3 Å². The number of nitrogens with zero attached hydrogens (tertiary/aromatic N) is 1. The number of benzene rings is 1. The van der Waals surface area contributed by atoms with Gasteiger partial charge in [-0.1, -0.05) is 18.5 Å². The Morgan fingerprint density at radius 3 is 2.70 bits per heavy atom. The molecule has 106 valence electrons. The lowest BCUT2D eigenvalue weighted by molar-refractivity contribution is -0.116. The average Bonchev–Trinajstić information content (AvgIpc) is 2.77. The Hall–Kier alpha value is -1.26. The van der Waals surface area contributed by atoms with Gasteiger partial charge in [-0.15, -0.1) is 11.3 Å². The van der Waals surface area contributed by atoms with Gasteiger partial charge in [0.2, 0.25) is 0 Å². The number of thiazole rings is 1. The summed E-state index contributed by atoms with van der Waals surface area (Å²) < 4.78 is 13.8. The van der Waals surface area contributed by atoms with E-state index in [0.29, 0.717) is 22.6 Å². The third kappa shape index (κ3) is 3.07. The highest BCUT2D eigenvalue weighted by molar-refractivity contribution is 7.12. The van der Waals surface area contributed by atoms with E-state index in [-0.39, 0.29) is 11.6 Å². The Morgan fingerprint density at radius 2 is 2.15 bits per heavy atom. The summed E-state index contributed by atoms with van der Waals surface area (Å²) in [6.45, 7) is 5.19. The summed E-state index contributed by atoms with van der Waals surface area (Å²) in [5.41, 5.74) is 1.84. The zero-order valence-corrected chi connectivity index (χ0v) is 13.2. The summed E-state index contributed by atoms with van der Waals surface area (Å²) in [4.78, 5) is 16.7. The molecule has 0 fully saturated rings. The third-order valence-electron chi connectivity index (χ3n) is 3.02. The van der Waals surface area contributed by atoms with Crippen LogP contribution in [0.25, 0.3) is 11.3 Å². The van der Waals surface area contributed by atoms with Crippen molar-refractivity contribution in [2.75, 3.05) is 0 Å². The number of hydrogen-bond acceptors (Lipinski definition) is 3. The average molecular weight is 312 g/mol. The Balaban J connectivity index is 2.51. The summed E-state index contributed by atoms with van der Waals surface area (Å²) in [7, 11) is 0. The minimum absolute atomic E-state index is 0.0704. The van der Waals surface area contributed by atoms with Crippen LogP contribution in [0.1, 0.15) is 29.3 Å². The standard InChI is InChI=1S/C15H15ClFNOS/c1-4-13-15(18-14(20-13)5-8(2)19)10-6-11(16)9(3)12(17)7-10/h6-7H,4-5H2,1-3H3. The molecule has 0 saturated carbocycles. The maximum atomic E-state index is 13.8. The lowest BCUT2D eigenvalue weighted by atomic mass is 10.1. The highest BCUT2D eigenvalue weighted by Gasteiger charge is 2.15. The molecule has 0 saturated heterocycles. The van der Waals surface area contributed by atoms with Crippen molar-refractivity contribution in [1.29, 1.82) is 0 Å².